The van der Waals surface area contributed by atoms with Crippen LogP contribution < -0.4 is 63.7 Å². The molecule has 16 rings (SSSR count). The van der Waals surface area contributed by atoms with Crippen LogP contribution >= 0.6 is 46.1 Å². The average Bonchev–Trinajstić information content (AvgIpc) is 1.46. The van der Waals surface area contributed by atoms with E-state index in [-0.39, 0.29) is 18.2 Å². The van der Waals surface area contributed by atoms with E-state index in [1.165, 1.54) is 63.7 Å². The molecule has 4 heterocycles. The number of hydrogen-bond acceptors (Lipinski definition) is 6. The molecule has 5 atom stereocenters. The Kier molecular flexibility index (Phi) is 18.0. The molecule has 0 aliphatic carbocycles. The predicted molar refractivity (Wildman–Crippen MR) is 412 cm³/mol. The molecular formula is C82H80N2O4P6. The van der Waals surface area contributed by atoms with Crippen molar-refractivity contribution in [3.05, 3.63) is 364 Å². The molecule has 0 saturated carbocycles. The van der Waals surface area contributed by atoms with Gasteiger partial charge in [-0.25, -0.2) is 0 Å². The second kappa shape index (κ2) is 26.9. The molecule has 4 aliphatic rings. The van der Waals surface area contributed by atoms with Crippen LogP contribution in [-0.2, 0) is 18.1 Å². The van der Waals surface area contributed by atoms with Gasteiger partial charge in [0.25, 0.3) is 0 Å². The van der Waals surface area contributed by atoms with Gasteiger partial charge in [0.15, 0.2) is 0 Å². The molecule has 2 spiro atoms. The van der Waals surface area contributed by atoms with Crippen LogP contribution in [0.5, 0.6) is 0 Å². The standard InChI is InChI=1S/2C41H40NO2P3/c1-33-40(42(2)45(34-21-9-3-10-22-34)35-23-11-4-12-24-35)41(44-47(41,38-29-17-7-18-30-38)39-31-19-8-20-32-39)46(43-33,36-25-13-5-14-26-36)37-27-15-6-16-28-37;1-42(45(34-20-8-2-9-21-34)35-22-10-3-11-23-35)40-32-33-43-46(36-24-12-4-13-25-36,37-26-14-5-15-27-37)41(40)44-47(41,38-28-16-6-17-29-38)39-30-18-7-19-31-39/h3-33,40,46-47H,1-2H3;2-31,40,46-47H,32-33H2,1H3/t33?,40?,41-;40-,41?/m10/s1. The number of likely N-dealkylation sites (N-methyl/N-ethyl adjacent to an activating group) is 2. The Morgan fingerprint density at radius 3 is 0.830 bits per heavy atom. The summed E-state index contributed by atoms with van der Waals surface area (Å²) in [6.07, 6.45) is 0.795. The molecule has 0 N–H and O–H groups in total. The summed E-state index contributed by atoms with van der Waals surface area (Å²) in [4.78, 5) is 0. The third kappa shape index (κ3) is 10.3. The van der Waals surface area contributed by atoms with Gasteiger partial charge in [0.2, 0.25) is 0 Å². The topological polar surface area (TPSA) is 50.0 Å². The van der Waals surface area contributed by atoms with Gasteiger partial charge in [0, 0.05) is 0 Å². The van der Waals surface area contributed by atoms with E-state index in [0.29, 0.717) is 6.61 Å². The molecule has 3 unspecified atom stereocenters. The summed E-state index contributed by atoms with van der Waals surface area (Å²) in [5, 5.41) is 14.5. The third-order valence-electron chi connectivity index (χ3n) is 20.0. The van der Waals surface area contributed by atoms with Gasteiger partial charge >= 0.3 is 564 Å². The molecule has 0 radical (unpaired) electrons. The number of nitrogens with zero attached hydrogens (tertiary/aromatic N) is 2. The van der Waals surface area contributed by atoms with Gasteiger partial charge in [-0.2, -0.15) is 0 Å². The van der Waals surface area contributed by atoms with Gasteiger partial charge in [0.05, 0.1) is 0 Å². The minimum atomic E-state index is -3.13. The fourth-order valence-electron chi connectivity index (χ4n) is 16.4. The molecule has 0 bridgehead atoms. The zero-order chi connectivity index (χ0) is 63.6. The summed E-state index contributed by atoms with van der Waals surface area (Å²) in [6, 6.07) is 133. The summed E-state index contributed by atoms with van der Waals surface area (Å²) in [5.41, 5.74) is 0. The van der Waals surface area contributed by atoms with E-state index in [1.807, 2.05) is 0 Å². The quantitative estimate of drug-likeness (QED) is 0.0710. The van der Waals surface area contributed by atoms with Gasteiger partial charge in [-0.1, -0.05) is 0 Å². The van der Waals surface area contributed by atoms with Gasteiger partial charge < -0.3 is 0 Å². The Hall–Kier alpha value is -7.02. The van der Waals surface area contributed by atoms with Crippen LogP contribution in [0.3, 0.4) is 0 Å². The van der Waals surface area contributed by atoms with Crippen molar-refractivity contribution in [3.8, 4) is 0 Å². The molecule has 0 aromatic heterocycles. The summed E-state index contributed by atoms with van der Waals surface area (Å²) >= 11 is 0. The van der Waals surface area contributed by atoms with Gasteiger partial charge in [-0.15, -0.1) is 0 Å². The monoisotopic (exact) mass is 1340 g/mol. The normalized spacial score (nSPS) is 23.2. The predicted octanol–water partition coefficient (Wildman–Crippen LogP) is 14.1. The second-order valence-corrected chi connectivity index (χ2v) is 44.4. The number of hydrogen-bond donors (Lipinski definition) is 0. The van der Waals surface area contributed by atoms with Crippen LogP contribution in [-0.4, -0.2) is 58.4 Å². The van der Waals surface area contributed by atoms with Crippen molar-refractivity contribution in [1.29, 1.82) is 0 Å². The Balaban J connectivity index is 0.000000155. The van der Waals surface area contributed by atoms with Gasteiger partial charge in [-0.05, 0) is 0 Å². The fraction of sp³-hybridized carbons (Fsp3) is 0.122. The van der Waals surface area contributed by atoms with Crippen LogP contribution in [0.1, 0.15) is 13.3 Å². The van der Waals surface area contributed by atoms with Crippen molar-refractivity contribution in [2.45, 2.75) is 41.7 Å². The first-order valence-electron chi connectivity index (χ1n) is 32.8. The molecule has 4 fully saturated rings. The van der Waals surface area contributed by atoms with E-state index in [0.717, 1.165) is 6.42 Å². The zero-order valence-electron chi connectivity index (χ0n) is 53.2. The fourth-order valence-corrected chi connectivity index (χ4v) is 49.4. The zero-order valence-corrected chi connectivity index (χ0v) is 59.0. The molecule has 4 saturated heterocycles. The van der Waals surface area contributed by atoms with Crippen molar-refractivity contribution in [1.82, 2.24) is 9.34 Å². The molecule has 12 aromatic carbocycles. The minimum absolute atomic E-state index is 0.0202. The summed E-state index contributed by atoms with van der Waals surface area (Å²) in [7, 11) is -9.20. The summed E-state index contributed by atoms with van der Waals surface area (Å²) < 4.78 is 36.5. The summed E-state index contributed by atoms with van der Waals surface area (Å²) in [6.45, 7) is 2.97. The Morgan fingerprint density at radius 1 is 0.298 bits per heavy atom. The molecule has 0 amide bonds. The molecular weight excluding hydrogens is 1260 g/mol. The van der Waals surface area contributed by atoms with E-state index in [2.05, 4.69) is 394 Å². The molecule has 472 valence electrons. The van der Waals surface area contributed by atoms with Crippen molar-refractivity contribution >= 4 is 110 Å². The molecule has 12 heteroatoms. The Morgan fingerprint density at radius 2 is 0.532 bits per heavy atom. The van der Waals surface area contributed by atoms with E-state index < -0.39 is 56.3 Å². The maximum atomic E-state index is 7.93. The van der Waals surface area contributed by atoms with Crippen LogP contribution in [0.25, 0.3) is 0 Å². The molecule has 6 nitrogen and oxygen atoms in total. The van der Waals surface area contributed by atoms with E-state index in [9.17, 15) is 0 Å². The first-order chi connectivity index (χ1) is 46.4. The Bertz CT molecular complexity index is 4010. The third-order valence-corrected chi connectivity index (χ3v) is 46.8. The van der Waals surface area contributed by atoms with Crippen molar-refractivity contribution < 1.29 is 18.1 Å². The van der Waals surface area contributed by atoms with Crippen LogP contribution in [0, 0.1) is 0 Å². The molecule has 94 heavy (non-hydrogen) atoms. The first kappa shape index (κ1) is 63.1. The van der Waals surface area contributed by atoms with E-state index >= 15 is 0 Å². The molecule has 4 aliphatic heterocycles. The molecule has 12 aromatic rings. The van der Waals surface area contributed by atoms with E-state index in [4.69, 9.17) is 18.1 Å². The van der Waals surface area contributed by atoms with Gasteiger partial charge in [-0.3, -0.25) is 0 Å². The number of rotatable bonds is 16. The van der Waals surface area contributed by atoms with Gasteiger partial charge in [0.1, 0.15) is 0 Å². The van der Waals surface area contributed by atoms with Crippen LogP contribution in [0.2, 0.25) is 0 Å². The average molecular weight is 1340 g/mol. The maximum absolute atomic E-state index is 7.93. The first-order valence-corrected chi connectivity index (χ1v) is 43.0. The second-order valence-electron chi connectivity index (χ2n) is 24.9. The Labute approximate surface area is 559 Å². The SMILES string of the molecule is CC1O[PH](c2ccccc2)(c2ccccc2)[C@]2(O[PH]2(c2ccccc2)c2ccccc2)C1N(C)P(c1ccccc1)c1ccccc1.CN([C@H]1CCO[PH](c2ccccc2)(c2ccccc2)C12O[PH]2(c1ccccc1)c1ccccc1)P(c1ccccc1)c1ccccc1. The van der Waals surface area contributed by atoms with Crippen molar-refractivity contribution in [3.63, 3.8) is 0 Å². The summed E-state index contributed by atoms with van der Waals surface area (Å²) in [5.74, 6) is 0. The van der Waals surface area contributed by atoms with Crippen molar-refractivity contribution in [2.24, 2.45) is 0 Å². The van der Waals surface area contributed by atoms with Crippen molar-refractivity contribution in [2.75, 3.05) is 20.7 Å². The number of benzene rings is 12. The van der Waals surface area contributed by atoms with Crippen LogP contribution in [0.4, 0.5) is 0 Å². The van der Waals surface area contributed by atoms with Crippen LogP contribution in [0.15, 0.2) is 364 Å². The van der Waals surface area contributed by atoms with E-state index in [1.54, 1.807) is 0 Å².